The molecule has 2 fully saturated rings. The third kappa shape index (κ3) is 7.23. The van der Waals surface area contributed by atoms with Gasteiger partial charge in [-0.2, -0.15) is 5.10 Å². The van der Waals surface area contributed by atoms with Gasteiger partial charge in [0.1, 0.15) is 11.4 Å². The molecular formula is C45H47F2N9O4. The van der Waals surface area contributed by atoms with E-state index in [1.165, 1.54) is 0 Å². The fourth-order valence-electron chi connectivity index (χ4n) is 9.23. The normalized spacial score (nSPS) is 17.4. The quantitative estimate of drug-likeness (QED) is 0.183. The number of imidazole rings is 1. The summed E-state index contributed by atoms with van der Waals surface area (Å²) in [6, 6.07) is 10.7. The molecule has 4 aliphatic rings. The first kappa shape index (κ1) is 39.2. The number of methoxy groups -OCH3 is 1. The number of imide groups is 1. The maximum Gasteiger partial charge on any atom is 0.328 e. The topological polar surface area (TPSA) is 121 Å². The molecule has 3 aromatic heterocycles. The number of alkyl halides is 2. The van der Waals surface area contributed by atoms with E-state index in [0.717, 1.165) is 83.9 Å². The first-order chi connectivity index (χ1) is 29.1. The Morgan fingerprint density at radius 1 is 1.00 bits per heavy atom. The van der Waals surface area contributed by atoms with E-state index in [0.29, 0.717) is 61.7 Å². The maximum absolute atomic E-state index is 15.1. The summed E-state index contributed by atoms with van der Waals surface area (Å²) in [6.45, 7) is 7.74. The number of ether oxygens (including phenoxy) is 1. The summed E-state index contributed by atoms with van der Waals surface area (Å²) in [4.78, 5) is 49.1. The van der Waals surface area contributed by atoms with Crippen LogP contribution in [0.5, 0.6) is 5.75 Å². The van der Waals surface area contributed by atoms with Gasteiger partial charge in [0.25, 0.3) is 6.43 Å². The lowest BCUT2D eigenvalue weighted by molar-refractivity contribution is -0.129. The van der Waals surface area contributed by atoms with Crippen LogP contribution in [-0.2, 0) is 29.0 Å². The monoisotopic (exact) mass is 815 g/mol. The highest BCUT2D eigenvalue weighted by molar-refractivity contribution is 6.06. The Balaban J connectivity index is 0.973. The lowest BCUT2D eigenvalue weighted by Crippen LogP contribution is -2.49. The van der Waals surface area contributed by atoms with Crippen LogP contribution in [0.3, 0.4) is 0 Å². The molecule has 310 valence electrons. The number of hydrogen-bond acceptors (Lipinski definition) is 8. The van der Waals surface area contributed by atoms with Crippen molar-refractivity contribution in [3.63, 3.8) is 0 Å². The maximum atomic E-state index is 15.1. The minimum atomic E-state index is -2.74. The van der Waals surface area contributed by atoms with Gasteiger partial charge in [-0.25, -0.2) is 18.6 Å². The molecule has 0 atom stereocenters. The summed E-state index contributed by atoms with van der Waals surface area (Å²) >= 11 is 0. The number of halogens is 2. The number of carbonyl (C=O) groups excluding carboxylic acids is 3. The minimum absolute atomic E-state index is 0.00349. The van der Waals surface area contributed by atoms with Crippen molar-refractivity contribution in [2.24, 2.45) is 0 Å². The number of urea groups is 1. The molecule has 5 aromatic rings. The van der Waals surface area contributed by atoms with Crippen molar-refractivity contribution in [3.05, 3.63) is 88.5 Å². The molecule has 0 unspecified atom stereocenters. The minimum Gasteiger partial charge on any atom is -0.495 e. The number of benzene rings is 2. The number of piperidine rings is 1. The van der Waals surface area contributed by atoms with Gasteiger partial charge in [0.05, 0.1) is 32.4 Å². The van der Waals surface area contributed by atoms with Crippen LogP contribution >= 0.6 is 0 Å². The third-order valence-electron chi connectivity index (χ3n) is 12.5. The highest BCUT2D eigenvalue weighted by atomic mass is 19.3. The number of pyridine rings is 1. The number of anilines is 3. The van der Waals surface area contributed by atoms with Crippen LogP contribution in [0.1, 0.15) is 78.6 Å². The number of amides is 4. The summed E-state index contributed by atoms with van der Waals surface area (Å²) in [6.07, 6.45) is 6.67. The van der Waals surface area contributed by atoms with E-state index in [-0.39, 0.29) is 29.8 Å². The zero-order chi connectivity index (χ0) is 41.7. The first-order valence-electron chi connectivity index (χ1n) is 20.6. The largest absolute Gasteiger partial charge is 0.495 e. The smallest absolute Gasteiger partial charge is 0.328 e. The average molecular weight is 816 g/mol. The van der Waals surface area contributed by atoms with Crippen molar-refractivity contribution in [2.45, 2.75) is 71.4 Å². The van der Waals surface area contributed by atoms with E-state index in [4.69, 9.17) is 9.84 Å². The summed E-state index contributed by atoms with van der Waals surface area (Å²) < 4.78 is 39.9. The van der Waals surface area contributed by atoms with Crippen molar-refractivity contribution < 1.29 is 27.9 Å². The van der Waals surface area contributed by atoms with Crippen LogP contribution in [-0.4, -0.2) is 93.2 Å². The second-order valence-corrected chi connectivity index (χ2v) is 16.0. The number of hydrogen-bond donors (Lipinski definition) is 1. The van der Waals surface area contributed by atoms with Crippen LogP contribution in [0.15, 0.2) is 55.0 Å². The SMILES string of the molecule is COc1cn2ccnc2cc1-c1cc2c(cc1C(F)F)N(c1nn(C3CCN(CC#Cc4cccc(N5CCC(=O)NC5=O)c4C)CC3)c3c1CN(C(C)=O)CC3)CCC2. The van der Waals surface area contributed by atoms with Crippen molar-refractivity contribution in [1.29, 1.82) is 0 Å². The highest BCUT2D eigenvalue weighted by Gasteiger charge is 2.35. The lowest BCUT2D eigenvalue weighted by atomic mass is 9.91. The second kappa shape index (κ2) is 16.1. The van der Waals surface area contributed by atoms with E-state index < -0.39 is 12.5 Å². The summed E-state index contributed by atoms with van der Waals surface area (Å²) in [5, 5.41) is 7.71. The molecule has 9 rings (SSSR count). The molecule has 60 heavy (non-hydrogen) atoms. The number of nitrogens with one attached hydrogen (secondary N) is 1. The van der Waals surface area contributed by atoms with Crippen LogP contribution in [0, 0.1) is 18.8 Å². The molecule has 4 amide bonds. The van der Waals surface area contributed by atoms with Gasteiger partial charge in [-0.05, 0) is 79.6 Å². The van der Waals surface area contributed by atoms with Crippen molar-refractivity contribution in [1.82, 2.24) is 34.3 Å². The summed E-state index contributed by atoms with van der Waals surface area (Å²) in [5.41, 5.74) is 7.80. The molecule has 4 aliphatic heterocycles. The second-order valence-electron chi connectivity index (χ2n) is 16.0. The Kier molecular flexibility index (Phi) is 10.5. The molecule has 0 spiro atoms. The van der Waals surface area contributed by atoms with Crippen molar-refractivity contribution in [2.75, 3.05) is 56.2 Å². The molecule has 1 N–H and O–H groups in total. The van der Waals surface area contributed by atoms with Crippen molar-refractivity contribution >= 4 is 40.7 Å². The molecule has 2 saturated heterocycles. The molecular weight excluding hydrogens is 769 g/mol. The van der Waals surface area contributed by atoms with Crippen LogP contribution in [0.2, 0.25) is 0 Å². The first-order valence-corrected chi connectivity index (χ1v) is 20.6. The molecule has 0 saturated carbocycles. The zero-order valence-electron chi connectivity index (χ0n) is 34.0. The van der Waals surface area contributed by atoms with Crippen molar-refractivity contribution in [3.8, 4) is 28.7 Å². The Hall–Kier alpha value is -6.27. The average Bonchev–Trinajstić information content (AvgIpc) is 3.88. The Labute approximate surface area is 346 Å². The fourth-order valence-corrected chi connectivity index (χ4v) is 9.23. The molecule has 15 heteroatoms. The van der Waals surface area contributed by atoms with Gasteiger partial charge in [0.15, 0.2) is 5.82 Å². The van der Waals surface area contributed by atoms with Gasteiger partial charge in [0, 0.05) is 104 Å². The molecule has 13 nitrogen and oxygen atoms in total. The van der Waals surface area contributed by atoms with E-state index >= 15 is 8.78 Å². The van der Waals surface area contributed by atoms with E-state index in [1.54, 1.807) is 54.1 Å². The van der Waals surface area contributed by atoms with Gasteiger partial charge in [-0.1, -0.05) is 17.9 Å². The molecule has 2 aromatic carbocycles. The Bertz CT molecular complexity index is 2580. The number of likely N-dealkylation sites (tertiary alicyclic amines) is 1. The predicted octanol–water partition coefficient (Wildman–Crippen LogP) is 6.58. The number of fused-ring (bicyclic) bond motifs is 3. The number of aromatic nitrogens is 4. The molecule has 7 heterocycles. The van der Waals surface area contributed by atoms with Crippen LogP contribution in [0.4, 0.5) is 30.8 Å². The van der Waals surface area contributed by atoms with Crippen LogP contribution in [0.25, 0.3) is 16.8 Å². The molecule has 0 aliphatic carbocycles. The van der Waals surface area contributed by atoms with Gasteiger partial charge in [-0.15, -0.1) is 0 Å². The summed E-state index contributed by atoms with van der Waals surface area (Å²) in [7, 11) is 1.54. The standard InChI is InChI=1S/C45H47F2N9O4/c1-28-30(7-4-10-37(28)55-21-14-42(58)49-45(55)59)8-5-16-51-18-11-32(12-19-51)56-38-13-20-52(29(2)57)26-36(38)44(50-56)54-17-6-9-31-23-33(35(43(46)47)24-39(31)54)34-25-41-48-15-22-53(41)27-40(34)60-3/h4,7,10,15,22-25,27,32,43H,6,9,11-14,16-21,26H2,1-3H3,(H,49,58,59). The van der Waals surface area contributed by atoms with Gasteiger partial charge in [0.2, 0.25) is 11.8 Å². The highest BCUT2D eigenvalue weighted by Crippen LogP contribution is 2.45. The van der Waals surface area contributed by atoms with E-state index in [9.17, 15) is 14.4 Å². The number of nitrogens with zero attached hydrogens (tertiary/aromatic N) is 8. The Morgan fingerprint density at radius 2 is 1.83 bits per heavy atom. The van der Waals surface area contributed by atoms with E-state index in [2.05, 4.69) is 36.6 Å². The fraction of sp³-hybridized carbons (Fsp3) is 0.400. The van der Waals surface area contributed by atoms with Gasteiger partial charge in [-0.3, -0.25) is 29.4 Å². The zero-order valence-corrected chi connectivity index (χ0v) is 34.0. The molecule has 0 bridgehead atoms. The lowest BCUT2D eigenvalue weighted by Gasteiger charge is -2.33. The van der Waals surface area contributed by atoms with Crippen LogP contribution < -0.4 is 19.9 Å². The third-order valence-corrected chi connectivity index (χ3v) is 12.5. The molecule has 0 radical (unpaired) electrons. The number of carbonyl (C=O) groups is 3. The van der Waals surface area contributed by atoms with Gasteiger partial charge < -0.3 is 18.9 Å². The Morgan fingerprint density at radius 3 is 2.60 bits per heavy atom. The summed E-state index contributed by atoms with van der Waals surface area (Å²) in [5.74, 6) is 7.61. The predicted molar refractivity (Wildman–Crippen MR) is 223 cm³/mol. The number of aryl methyl sites for hydroxylation is 1. The van der Waals surface area contributed by atoms with E-state index in [1.807, 2.05) is 36.1 Å². The van der Waals surface area contributed by atoms with Gasteiger partial charge >= 0.3 is 6.03 Å². The number of rotatable bonds is 7.